The Morgan fingerprint density at radius 1 is 1.00 bits per heavy atom. The Hall–Kier alpha value is -2.14. The van der Waals surface area contributed by atoms with Gasteiger partial charge < -0.3 is 14.2 Å². The van der Waals surface area contributed by atoms with Gasteiger partial charge in [-0.3, -0.25) is 9.59 Å². The molecule has 0 N–H and O–H groups in total. The van der Waals surface area contributed by atoms with Crippen molar-refractivity contribution in [2.24, 2.45) is 0 Å². The van der Waals surface area contributed by atoms with Crippen LogP contribution in [0.3, 0.4) is 0 Å². The van der Waals surface area contributed by atoms with Crippen LogP contribution in [-0.2, 0) is 23.8 Å². The number of fused-ring (bicyclic) bond motifs is 1. The minimum absolute atomic E-state index is 0.0273. The van der Waals surface area contributed by atoms with Gasteiger partial charge in [-0.1, -0.05) is 36.4 Å². The van der Waals surface area contributed by atoms with Crippen LogP contribution in [0.1, 0.15) is 49.7 Å². The van der Waals surface area contributed by atoms with Crippen molar-refractivity contribution in [1.82, 2.24) is 0 Å². The third-order valence-corrected chi connectivity index (χ3v) is 4.74. The molecule has 2 aliphatic rings. The molecule has 2 atom stereocenters. The van der Waals surface area contributed by atoms with Crippen LogP contribution in [0.25, 0.3) is 6.08 Å². The van der Waals surface area contributed by atoms with Gasteiger partial charge in [-0.15, -0.1) is 0 Å². The standard InChI is InChI=1S/C20H24O5/c1-20(17-9-8-15-6-2-3-7-16(15)17)14-24-19(22)11-10-18(21)23-12-4-5-13-25-20/h2-3,6-9,17H,4-5,10-14H2,1H3. The summed E-state index contributed by atoms with van der Waals surface area (Å²) in [4.78, 5) is 23.5. The van der Waals surface area contributed by atoms with E-state index in [1.54, 1.807) is 0 Å². The monoisotopic (exact) mass is 344 g/mol. The Bertz CT molecular complexity index is 666. The zero-order chi connectivity index (χ0) is 17.7. The summed E-state index contributed by atoms with van der Waals surface area (Å²) in [7, 11) is 0. The van der Waals surface area contributed by atoms with Crippen LogP contribution < -0.4 is 0 Å². The van der Waals surface area contributed by atoms with E-state index in [1.807, 2.05) is 19.1 Å². The molecule has 5 heteroatoms. The maximum atomic E-state index is 12.0. The first-order valence-corrected chi connectivity index (χ1v) is 8.81. The zero-order valence-corrected chi connectivity index (χ0v) is 14.5. The molecule has 1 saturated heterocycles. The smallest absolute Gasteiger partial charge is 0.306 e. The van der Waals surface area contributed by atoms with E-state index in [9.17, 15) is 9.59 Å². The fraction of sp³-hybridized carbons (Fsp3) is 0.500. The molecule has 25 heavy (non-hydrogen) atoms. The van der Waals surface area contributed by atoms with Gasteiger partial charge in [0.05, 0.1) is 19.4 Å². The molecule has 0 saturated carbocycles. The first-order chi connectivity index (χ1) is 12.1. The van der Waals surface area contributed by atoms with E-state index in [0.717, 1.165) is 12.8 Å². The molecule has 3 rings (SSSR count). The highest BCUT2D eigenvalue weighted by atomic mass is 16.6. The van der Waals surface area contributed by atoms with Gasteiger partial charge in [0.25, 0.3) is 0 Å². The van der Waals surface area contributed by atoms with E-state index in [0.29, 0.717) is 13.2 Å². The molecule has 2 unspecified atom stereocenters. The van der Waals surface area contributed by atoms with E-state index in [-0.39, 0.29) is 31.3 Å². The van der Waals surface area contributed by atoms with Crippen LogP contribution >= 0.6 is 0 Å². The molecular formula is C20H24O5. The average Bonchev–Trinajstić information content (AvgIpc) is 3.05. The number of benzene rings is 1. The number of hydrogen-bond acceptors (Lipinski definition) is 5. The molecule has 1 fully saturated rings. The van der Waals surface area contributed by atoms with Gasteiger partial charge in [0.15, 0.2) is 0 Å². The van der Waals surface area contributed by atoms with Crippen molar-refractivity contribution < 1.29 is 23.8 Å². The fourth-order valence-corrected chi connectivity index (χ4v) is 3.27. The number of carbonyl (C=O) groups excluding carboxylic acids is 2. The highest BCUT2D eigenvalue weighted by molar-refractivity contribution is 5.77. The van der Waals surface area contributed by atoms with E-state index < -0.39 is 11.6 Å². The summed E-state index contributed by atoms with van der Waals surface area (Å²) in [6.07, 6.45) is 5.82. The summed E-state index contributed by atoms with van der Waals surface area (Å²) in [6.45, 7) is 3.03. The van der Waals surface area contributed by atoms with E-state index in [1.165, 1.54) is 11.1 Å². The molecule has 134 valence electrons. The number of esters is 2. The highest BCUT2D eigenvalue weighted by Crippen LogP contribution is 2.40. The Balaban J connectivity index is 1.76. The first-order valence-electron chi connectivity index (χ1n) is 8.81. The fourth-order valence-electron chi connectivity index (χ4n) is 3.27. The van der Waals surface area contributed by atoms with Crippen molar-refractivity contribution in [3.63, 3.8) is 0 Å². The maximum absolute atomic E-state index is 12.0. The average molecular weight is 344 g/mol. The number of rotatable bonds is 1. The molecular weight excluding hydrogens is 320 g/mol. The van der Waals surface area contributed by atoms with Gasteiger partial charge in [-0.2, -0.15) is 0 Å². The largest absolute Gasteiger partial charge is 0.466 e. The lowest BCUT2D eigenvalue weighted by atomic mass is 9.85. The zero-order valence-electron chi connectivity index (χ0n) is 14.5. The van der Waals surface area contributed by atoms with Crippen LogP contribution in [0.15, 0.2) is 30.3 Å². The van der Waals surface area contributed by atoms with Crippen molar-refractivity contribution in [1.29, 1.82) is 0 Å². The van der Waals surface area contributed by atoms with Gasteiger partial charge in [-0.05, 0) is 30.9 Å². The number of cyclic esters (lactones) is 2. The topological polar surface area (TPSA) is 61.8 Å². The normalized spacial score (nSPS) is 28.1. The molecule has 0 aromatic heterocycles. The predicted octanol–water partition coefficient (Wildman–Crippen LogP) is 3.23. The van der Waals surface area contributed by atoms with Gasteiger partial charge in [0, 0.05) is 12.5 Å². The van der Waals surface area contributed by atoms with Crippen LogP contribution in [-0.4, -0.2) is 37.4 Å². The molecule has 1 aliphatic heterocycles. The molecule has 0 spiro atoms. The summed E-state index contributed by atoms with van der Waals surface area (Å²) in [5.74, 6) is -0.728. The molecule has 5 nitrogen and oxygen atoms in total. The molecule has 1 aromatic carbocycles. The minimum atomic E-state index is -0.641. The molecule has 0 amide bonds. The first kappa shape index (κ1) is 17.7. The SMILES string of the molecule is CC1(C2C=Cc3ccccc32)COC(=O)CCC(=O)OCCCCO1. The number of ether oxygens (including phenoxy) is 3. The molecule has 1 heterocycles. The van der Waals surface area contributed by atoms with E-state index >= 15 is 0 Å². The molecule has 1 aromatic rings. The van der Waals surface area contributed by atoms with Gasteiger partial charge >= 0.3 is 11.9 Å². The second-order valence-corrected chi connectivity index (χ2v) is 6.72. The number of hydrogen-bond donors (Lipinski definition) is 0. The molecule has 1 aliphatic carbocycles. The third-order valence-electron chi connectivity index (χ3n) is 4.74. The van der Waals surface area contributed by atoms with Gasteiger partial charge in [0.2, 0.25) is 0 Å². The van der Waals surface area contributed by atoms with Crippen molar-refractivity contribution in [3.05, 3.63) is 41.5 Å². The molecule has 0 radical (unpaired) electrons. The van der Waals surface area contributed by atoms with Crippen molar-refractivity contribution >= 4 is 18.0 Å². The van der Waals surface area contributed by atoms with Crippen LogP contribution in [0.5, 0.6) is 0 Å². The summed E-state index contributed by atoms with van der Waals surface area (Å²) in [5, 5.41) is 0. The highest BCUT2D eigenvalue weighted by Gasteiger charge is 2.39. The van der Waals surface area contributed by atoms with Crippen LogP contribution in [0.2, 0.25) is 0 Å². The lowest BCUT2D eigenvalue weighted by molar-refractivity contribution is -0.157. The third kappa shape index (κ3) is 4.28. The van der Waals surface area contributed by atoms with Crippen molar-refractivity contribution in [2.45, 2.75) is 44.1 Å². The second-order valence-electron chi connectivity index (χ2n) is 6.72. The number of carbonyl (C=O) groups is 2. The molecule has 0 bridgehead atoms. The van der Waals surface area contributed by atoms with Gasteiger partial charge in [-0.25, -0.2) is 0 Å². The second kappa shape index (κ2) is 7.83. The predicted molar refractivity (Wildman–Crippen MR) is 93.0 cm³/mol. The van der Waals surface area contributed by atoms with Gasteiger partial charge in [0.1, 0.15) is 12.2 Å². The van der Waals surface area contributed by atoms with E-state index in [4.69, 9.17) is 14.2 Å². The van der Waals surface area contributed by atoms with Crippen LogP contribution in [0.4, 0.5) is 0 Å². The summed E-state index contributed by atoms with van der Waals surface area (Å²) in [5.41, 5.74) is 1.71. The summed E-state index contributed by atoms with van der Waals surface area (Å²) in [6, 6.07) is 8.18. The summed E-state index contributed by atoms with van der Waals surface area (Å²) >= 11 is 0. The van der Waals surface area contributed by atoms with Crippen molar-refractivity contribution in [2.75, 3.05) is 19.8 Å². The Labute approximate surface area is 148 Å². The quantitative estimate of drug-likeness (QED) is 0.732. The van der Waals surface area contributed by atoms with Crippen molar-refractivity contribution in [3.8, 4) is 0 Å². The van der Waals surface area contributed by atoms with Crippen LogP contribution in [0, 0.1) is 0 Å². The summed E-state index contributed by atoms with van der Waals surface area (Å²) < 4.78 is 16.7. The Kier molecular flexibility index (Phi) is 5.53. The Morgan fingerprint density at radius 2 is 1.72 bits per heavy atom. The maximum Gasteiger partial charge on any atom is 0.306 e. The minimum Gasteiger partial charge on any atom is -0.466 e. The van der Waals surface area contributed by atoms with E-state index in [2.05, 4.69) is 24.3 Å². The lowest BCUT2D eigenvalue weighted by Crippen LogP contribution is -2.41. The lowest BCUT2D eigenvalue weighted by Gasteiger charge is -2.35. The Morgan fingerprint density at radius 3 is 2.56 bits per heavy atom.